The summed E-state index contributed by atoms with van der Waals surface area (Å²) in [6.07, 6.45) is 0. The number of benzene rings is 1. The molecule has 8 heteroatoms. The minimum absolute atomic E-state index is 0.0377. The number of ether oxygens (including phenoxy) is 1. The molecule has 3 N–H and O–H groups in total. The van der Waals surface area contributed by atoms with Gasteiger partial charge in [-0.05, 0) is 12.1 Å². The van der Waals surface area contributed by atoms with E-state index >= 15 is 0 Å². The molecule has 1 aromatic carbocycles. The van der Waals surface area contributed by atoms with Gasteiger partial charge < -0.3 is 15.0 Å². The van der Waals surface area contributed by atoms with E-state index in [0.29, 0.717) is 0 Å². The highest BCUT2D eigenvalue weighted by atomic mass is 16.5. The zero-order chi connectivity index (χ0) is 13.8. The van der Waals surface area contributed by atoms with Gasteiger partial charge >= 0.3 is 11.6 Å². The van der Waals surface area contributed by atoms with Crippen LogP contribution in [0, 0.1) is 0 Å². The molecular formula is C11H10N4O4. The molecule has 8 nitrogen and oxygen atoms in total. The van der Waals surface area contributed by atoms with Crippen LogP contribution in [0.1, 0.15) is 10.4 Å². The molecule has 0 aliphatic heterocycles. The number of hydrogen-bond donors (Lipinski definition) is 2. The monoisotopic (exact) mass is 262 g/mol. The van der Waals surface area contributed by atoms with E-state index in [-0.39, 0.29) is 22.8 Å². The number of H-pyrrole nitrogens is 1. The Morgan fingerprint density at radius 1 is 1.37 bits per heavy atom. The molecule has 2 aromatic rings. The fraction of sp³-hybridized carbons (Fsp3) is 0.0909. The van der Waals surface area contributed by atoms with Crippen molar-refractivity contribution in [1.82, 2.24) is 5.16 Å². The van der Waals surface area contributed by atoms with Gasteiger partial charge in [-0.25, -0.2) is 9.59 Å². The fourth-order valence-electron chi connectivity index (χ4n) is 1.35. The zero-order valence-corrected chi connectivity index (χ0v) is 9.91. The van der Waals surface area contributed by atoms with Gasteiger partial charge in [-0.3, -0.25) is 0 Å². The molecule has 19 heavy (non-hydrogen) atoms. The third kappa shape index (κ3) is 2.51. The van der Waals surface area contributed by atoms with Crippen LogP contribution in [0.4, 0.5) is 17.2 Å². The summed E-state index contributed by atoms with van der Waals surface area (Å²) in [5, 5.41) is 9.64. The molecule has 2 rings (SSSR count). The van der Waals surface area contributed by atoms with E-state index in [1.165, 1.54) is 13.2 Å². The van der Waals surface area contributed by atoms with Crippen molar-refractivity contribution >= 4 is 23.2 Å². The summed E-state index contributed by atoms with van der Waals surface area (Å²) in [5.41, 5.74) is 5.03. The molecule has 1 aromatic heterocycles. The van der Waals surface area contributed by atoms with E-state index in [4.69, 9.17) is 5.73 Å². The van der Waals surface area contributed by atoms with E-state index in [1.807, 2.05) is 0 Å². The van der Waals surface area contributed by atoms with Crippen LogP contribution in [0.25, 0.3) is 0 Å². The second-order valence-corrected chi connectivity index (χ2v) is 3.46. The lowest BCUT2D eigenvalue weighted by atomic mass is 10.2. The number of esters is 1. The predicted octanol–water partition coefficient (Wildman–Crippen LogP) is 1.75. The Kier molecular flexibility index (Phi) is 3.42. The second-order valence-electron chi connectivity index (χ2n) is 3.46. The minimum atomic E-state index is -0.739. The predicted molar refractivity (Wildman–Crippen MR) is 65.7 cm³/mol. The average Bonchev–Trinajstić information content (AvgIpc) is 2.75. The number of aromatic nitrogens is 1. The van der Waals surface area contributed by atoms with Crippen molar-refractivity contribution in [2.24, 2.45) is 10.2 Å². The number of nitrogens with zero attached hydrogens (tertiary/aromatic N) is 2. The van der Waals surface area contributed by atoms with Crippen molar-refractivity contribution in [1.29, 1.82) is 0 Å². The van der Waals surface area contributed by atoms with Gasteiger partial charge in [-0.2, -0.15) is 5.16 Å². The van der Waals surface area contributed by atoms with Crippen LogP contribution in [0.2, 0.25) is 0 Å². The van der Waals surface area contributed by atoms with Crippen molar-refractivity contribution < 1.29 is 14.1 Å². The van der Waals surface area contributed by atoms with Gasteiger partial charge in [-0.15, -0.1) is 10.2 Å². The number of nitrogens with one attached hydrogen (secondary N) is 1. The highest BCUT2D eigenvalue weighted by molar-refractivity contribution is 5.94. The lowest BCUT2D eigenvalue weighted by Gasteiger charge is -2.01. The number of azo groups is 1. The van der Waals surface area contributed by atoms with Crippen LogP contribution in [-0.2, 0) is 4.74 Å². The summed E-state index contributed by atoms with van der Waals surface area (Å²) in [4.78, 5) is 22.7. The van der Waals surface area contributed by atoms with E-state index in [9.17, 15) is 9.59 Å². The van der Waals surface area contributed by atoms with Crippen LogP contribution in [0.3, 0.4) is 0 Å². The lowest BCUT2D eigenvalue weighted by molar-refractivity contribution is 0.0601. The number of methoxy groups -OCH3 is 1. The first-order chi connectivity index (χ1) is 9.13. The van der Waals surface area contributed by atoms with E-state index < -0.39 is 11.6 Å². The van der Waals surface area contributed by atoms with Crippen molar-refractivity contribution in [3.05, 3.63) is 40.2 Å². The van der Waals surface area contributed by atoms with Gasteiger partial charge in [-0.1, -0.05) is 12.1 Å². The number of hydrogen-bond acceptors (Lipinski definition) is 7. The van der Waals surface area contributed by atoms with Gasteiger partial charge in [0.05, 0.1) is 12.7 Å². The van der Waals surface area contributed by atoms with Crippen molar-refractivity contribution in [3.8, 4) is 0 Å². The van der Waals surface area contributed by atoms with Crippen LogP contribution >= 0.6 is 0 Å². The SMILES string of the molecule is COC(=O)c1ccccc1N=Nc1c(N)[nH]oc1=O. The van der Waals surface area contributed by atoms with Crippen molar-refractivity contribution in [2.45, 2.75) is 0 Å². The van der Waals surface area contributed by atoms with E-state index in [1.54, 1.807) is 18.2 Å². The number of nitrogens with two attached hydrogens (primary N) is 1. The van der Waals surface area contributed by atoms with E-state index in [2.05, 4.69) is 24.6 Å². The number of anilines is 1. The molecule has 0 radical (unpaired) electrons. The van der Waals surface area contributed by atoms with Crippen LogP contribution in [-0.4, -0.2) is 18.2 Å². The Labute approximate surface area is 106 Å². The van der Waals surface area contributed by atoms with Gasteiger partial charge in [0.15, 0.2) is 5.82 Å². The fourth-order valence-corrected chi connectivity index (χ4v) is 1.35. The Balaban J connectivity index is 2.39. The zero-order valence-electron chi connectivity index (χ0n) is 9.91. The first kappa shape index (κ1) is 12.6. The summed E-state index contributed by atoms with van der Waals surface area (Å²) in [5.74, 6) is -0.590. The molecular weight excluding hydrogens is 252 g/mol. The van der Waals surface area contributed by atoms with Gasteiger partial charge in [0.2, 0.25) is 5.69 Å². The molecule has 1 heterocycles. The summed E-state index contributed by atoms with van der Waals surface area (Å²) in [7, 11) is 1.26. The van der Waals surface area contributed by atoms with Gasteiger partial charge in [0.25, 0.3) is 0 Å². The van der Waals surface area contributed by atoms with Crippen LogP contribution < -0.4 is 11.4 Å². The number of carbonyl (C=O) groups excluding carboxylic acids is 1. The summed E-state index contributed by atoms with van der Waals surface area (Å²) >= 11 is 0. The van der Waals surface area contributed by atoms with Crippen molar-refractivity contribution in [3.63, 3.8) is 0 Å². The van der Waals surface area contributed by atoms with Crippen molar-refractivity contribution in [2.75, 3.05) is 12.8 Å². The quantitative estimate of drug-likeness (QED) is 0.644. The number of carbonyl (C=O) groups is 1. The average molecular weight is 262 g/mol. The van der Waals surface area contributed by atoms with Gasteiger partial charge in [0, 0.05) is 0 Å². The smallest absolute Gasteiger partial charge is 0.386 e. The Morgan fingerprint density at radius 2 is 2.11 bits per heavy atom. The highest BCUT2D eigenvalue weighted by Crippen LogP contribution is 2.23. The molecule has 0 amide bonds. The van der Waals surface area contributed by atoms with E-state index in [0.717, 1.165) is 0 Å². The number of aromatic amines is 1. The molecule has 98 valence electrons. The molecule has 0 spiro atoms. The number of nitrogen functional groups attached to an aromatic ring is 1. The molecule has 0 unspecified atom stereocenters. The molecule has 0 fully saturated rings. The summed E-state index contributed by atoms with van der Waals surface area (Å²) in [6.45, 7) is 0. The van der Waals surface area contributed by atoms with Gasteiger partial charge in [0.1, 0.15) is 5.69 Å². The maximum Gasteiger partial charge on any atom is 0.386 e. The summed E-state index contributed by atoms with van der Waals surface area (Å²) in [6, 6.07) is 6.41. The molecule has 0 saturated carbocycles. The lowest BCUT2D eigenvalue weighted by Crippen LogP contribution is -2.00. The second kappa shape index (κ2) is 5.17. The van der Waals surface area contributed by atoms with Crippen LogP contribution in [0.5, 0.6) is 0 Å². The first-order valence-electron chi connectivity index (χ1n) is 5.19. The Bertz CT molecular complexity index is 686. The highest BCUT2D eigenvalue weighted by Gasteiger charge is 2.12. The standard InChI is InChI=1S/C11H10N4O4/c1-18-10(16)6-4-2-3-5-7(6)13-14-8-9(12)15-19-11(8)17/h2-5,15H,12H2,1H3. The Morgan fingerprint density at radius 3 is 2.74 bits per heavy atom. The maximum atomic E-state index is 11.5. The molecule has 0 aliphatic rings. The Hall–Kier alpha value is -2.90. The topological polar surface area (TPSA) is 123 Å². The normalized spacial score (nSPS) is 10.8. The maximum absolute atomic E-state index is 11.5. The first-order valence-corrected chi connectivity index (χ1v) is 5.19. The summed E-state index contributed by atoms with van der Waals surface area (Å²) < 4.78 is 9.04. The molecule has 0 atom stereocenters. The molecule has 0 saturated heterocycles. The molecule has 0 bridgehead atoms. The number of rotatable bonds is 3. The largest absolute Gasteiger partial charge is 0.465 e. The third-order valence-electron chi connectivity index (χ3n) is 2.27. The van der Waals surface area contributed by atoms with Crippen LogP contribution in [0.15, 0.2) is 43.8 Å². The third-order valence-corrected chi connectivity index (χ3v) is 2.27. The minimum Gasteiger partial charge on any atom is -0.465 e. The molecule has 0 aliphatic carbocycles.